The fourth-order valence-corrected chi connectivity index (χ4v) is 2.83. The van der Waals surface area contributed by atoms with Crippen LogP contribution < -0.4 is 5.32 Å². The molecule has 1 saturated heterocycles. The van der Waals surface area contributed by atoms with Gasteiger partial charge in [-0.25, -0.2) is 0 Å². The maximum atomic E-state index is 12.5. The van der Waals surface area contributed by atoms with E-state index in [0.717, 1.165) is 44.0 Å². The molecule has 0 radical (unpaired) electrons. The summed E-state index contributed by atoms with van der Waals surface area (Å²) in [5, 5.41) is 12.3. The molecule has 1 aromatic rings. The van der Waals surface area contributed by atoms with Crippen LogP contribution in [-0.4, -0.2) is 48.4 Å². The molecule has 0 aliphatic carbocycles. The molecule has 24 heavy (non-hydrogen) atoms. The van der Waals surface area contributed by atoms with Crippen molar-refractivity contribution in [2.75, 3.05) is 38.0 Å². The Labute approximate surface area is 144 Å². The lowest BCUT2D eigenvalue weighted by Crippen LogP contribution is -2.44. The number of anilines is 1. The first-order valence-electron chi connectivity index (χ1n) is 8.53. The summed E-state index contributed by atoms with van der Waals surface area (Å²) in [4.78, 5) is 16.9. The highest BCUT2D eigenvalue weighted by atomic mass is 16.1. The molecule has 1 aliphatic rings. The van der Waals surface area contributed by atoms with Gasteiger partial charge < -0.3 is 15.1 Å². The van der Waals surface area contributed by atoms with Crippen LogP contribution >= 0.6 is 0 Å². The Morgan fingerprint density at radius 1 is 1.29 bits per heavy atom. The molecule has 128 valence electrons. The lowest BCUT2D eigenvalue weighted by atomic mass is 10.0. The SMILES string of the molecule is CCN1CCN(/C=C(/C#N)C(=O)Nc2ccccc2C(C)C)CC1. The van der Waals surface area contributed by atoms with E-state index in [1.54, 1.807) is 6.20 Å². The number of likely N-dealkylation sites (N-methyl/N-ethyl adjacent to an activating group) is 1. The summed E-state index contributed by atoms with van der Waals surface area (Å²) >= 11 is 0. The summed E-state index contributed by atoms with van der Waals surface area (Å²) in [6.07, 6.45) is 1.69. The van der Waals surface area contributed by atoms with Crippen molar-refractivity contribution in [1.29, 1.82) is 5.26 Å². The van der Waals surface area contributed by atoms with Crippen molar-refractivity contribution in [2.45, 2.75) is 26.7 Å². The zero-order chi connectivity index (χ0) is 17.5. The number of nitrogens with zero attached hydrogens (tertiary/aromatic N) is 3. The Balaban J connectivity index is 2.07. The quantitative estimate of drug-likeness (QED) is 0.668. The largest absolute Gasteiger partial charge is 0.374 e. The number of hydrogen-bond acceptors (Lipinski definition) is 4. The molecule has 0 spiro atoms. The van der Waals surface area contributed by atoms with Crippen LogP contribution in [-0.2, 0) is 4.79 Å². The van der Waals surface area contributed by atoms with Gasteiger partial charge >= 0.3 is 0 Å². The maximum absolute atomic E-state index is 12.5. The van der Waals surface area contributed by atoms with Crippen LogP contribution in [0, 0.1) is 11.3 Å². The Morgan fingerprint density at radius 3 is 2.54 bits per heavy atom. The highest BCUT2D eigenvalue weighted by molar-refractivity contribution is 6.06. The minimum absolute atomic E-state index is 0.151. The molecule has 5 nitrogen and oxygen atoms in total. The molecule has 2 rings (SSSR count). The number of amides is 1. The van der Waals surface area contributed by atoms with Crippen LogP contribution in [0.5, 0.6) is 0 Å². The van der Waals surface area contributed by atoms with Gasteiger partial charge in [-0.2, -0.15) is 5.26 Å². The van der Waals surface area contributed by atoms with Gasteiger partial charge in [0.25, 0.3) is 5.91 Å². The van der Waals surface area contributed by atoms with E-state index in [-0.39, 0.29) is 11.5 Å². The summed E-state index contributed by atoms with van der Waals surface area (Å²) in [5.74, 6) is -0.0401. The smallest absolute Gasteiger partial charge is 0.267 e. The van der Waals surface area contributed by atoms with Crippen molar-refractivity contribution >= 4 is 11.6 Å². The van der Waals surface area contributed by atoms with Crippen molar-refractivity contribution in [3.05, 3.63) is 41.6 Å². The summed E-state index contributed by atoms with van der Waals surface area (Å²) in [6, 6.07) is 9.76. The summed E-state index contributed by atoms with van der Waals surface area (Å²) in [7, 11) is 0. The molecule has 1 amide bonds. The van der Waals surface area contributed by atoms with Crippen LogP contribution in [0.25, 0.3) is 0 Å². The van der Waals surface area contributed by atoms with Gasteiger partial charge in [-0.1, -0.05) is 39.0 Å². The molecule has 0 bridgehead atoms. The number of piperazine rings is 1. The number of nitriles is 1. The third-order valence-corrected chi connectivity index (χ3v) is 4.36. The standard InChI is InChI=1S/C19H26N4O/c1-4-22-9-11-23(12-10-22)14-16(13-20)19(24)21-18-8-6-5-7-17(18)15(2)3/h5-8,14-15H,4,9-12H2,1-3H3,(H,21,24)/b16-14-. The molecular weight excluding hydrogens is 300 g/mol. The van der Waals surface area contributed by atoms with E-state index in [9.17, 15) is 10.1 Å². The second kappa shape index (κ2) is 8.51. The van der Waals surface area contributed by atoms with E-state index in [2.05, 4.69) is 35.9 Å². The Hall–Kier alpha value is -2.32. The number of nitrogens with one attached hydrogen (secondary N) is 1. The van der Waals surface area contributed by atoms with Gasteiger partial charge in [0.15, 0.2) is 0 Å². The average molecular weight is 326 g/mol. The number of carbonyl (C=O) groups is 1. The maximum Gasteiger partial charge on any atom is 0.267 e. The van der Waals surface area contributed by atoms with Gasteiger partial charge in [-0.3, -0.25) is 4.79 Å². The molecule has 1 fully saturated rings. The molecular formula is C19H26N4O. The van der Waals surface area contributed by atoms with Gasteiger partial charge in [0, 0.05) is 38.1 Å². The Morgan fingerprint density at radius 2 is 1.96 bits per heavy atom. The van der Waals surface area contributed by atoms with Crippen molar-refractivity contribution in [3.8, 4) is 6.07 Å². The molecule has 5 heteroatoms. The van der Waals surface area contributed by atoms with E-state index >= 15 is 0 Å². The van der Waals surface area contributed by atoms with E-state index in [4.69, 9.17) is 0 Å². The van der Waals surface area contributed by atoms with Gasteiger partial charge in [-0.05, 0) is 24.1 Å². The first kappa shape index (κ1) is 18.0. The summed E-state index contributed by atoms with van der Waals surface area (Å²) in [5.41, 5.74) is 1.99. The van der Waals surface area contributed by atoms with Gasteiger partial charge in [-0.15, -0.1) is 0 Å². The topological polar surface area (TPSA) is 59.4 Å². The first-order chi connectivity index (χ1) is 11.5. The van der Waals surface area contributed by atoms with E-state index in [1.807, 2.05) is 30.3 Å². The number of carbonyl (C=O) groups excluding carboxylic acids is 1. The van der Waals surface area contributed by atoms with Crippen LogP contribution in [0.1, 0.15) is 32.3 Å². The Bertz CT molecular complexity index is 637. The van der Waals surface area contributed by atoms with Gasteiger partial charge in [0.2, 0.25) is 0 Å². The fraction of sp³-hybridized carbons (Fsp3) is 0.474. The van der Waals surface area contributed by atoms with Crippen molar-refractivity contribution in [2.24, 2.45) is 0 Å². The lowest BCUT2D eigenvalue weighted by molar-refractivity contribution is -0.112. The molecule has 0 atom stereocenters. The van der Waals surface area contributed by atoms with Crippen LogP contribution in [0.3, 0.4) is 0 Å². The fourth-order valence-electron chi connectivity index (χ4n) is 2.83. The van der Waals surface area contributed by atoms with Crippen molar-refractivity contribution in [1.82, 2.24) is 9.80 Å². The van der Waals surface area contributed by atoms with Crippen LogP contribution in [0.2, 0.25) is 0 Å². The molecule has 0 aromatic heterocycles. The second-order valence-corrected chi connectivity index (χ2v) is 6.32. The van der Waals surface area contributed by atoms with E-state index in [0.29, 0.717) is 5.92 Å². The zero-order valence-electron chi connectivity index (χ0n) is 14.7. The van der Waals surface area contributed by atoms with Crippen LogP contribution in [0.4, 0.5) is 5.69 Å². The second-order valence-electron chi connectivity index (χ2n) is 6.32. The van der Waals surface area contributed by atoms with Crippen molar-refractivity contribution in [3.63, 3.8) is 0 Å². The number of benzene rings is 1. The molecule has 0 saturated carbocycles. The number of hydrogen-bond donors (Lipinski definition) is 1. The van der Waals surface area contributed by atoms with E-state index < -0.39 is 0 Å². The van der Waals surface area contributed by atoms with E-state index in [1.165, 1.54) is 0 Å². The third kappa shape index (κ3) is 4.59. The molecule has 1 N–H and O–H groups in total. The predicted octanol–water partition coefficient (Wildman–Crippen LogP) is 2.79. The first-order valence-corrected chi connectivity index (χ1v) is 8.53. The molecule has 1 heterocycles. The summed E-state index contributed by atoms with van der Waals surface area (Å²) in [6.45, 7) is 11.0. The number of para-hydroxylation sites is 1. The number of rotatable bonds is 5. The van der Waals surface area contributed by atoms with Crippen LogP contribution in [0.15, 0.2) is 36.0 Å². The Kier molecular flexibility index (Phi) is 6.39. The molecule has 0 unspecified atom stereocenters. The highest BCUT2D eigenvalue weighted by Gasteiger charge is 2.17. The van der Waals surface area contributed by atoms with Crippen molar-refractivity contribution < 1.29 is 4.79 Å². The molecule has 1 aromatic carbocycles. The van der Waals surface area contributed by atoms with Gasteiger partial charge in [0.05, 0.1) is 0 Å². The molecule has 1 aliphatic heterocycles. The minimum Gasteiger partial charge on any atom is -0.374 e. The monoisotopic (exact) mass is 326 g/mol. The third-order valence-electron chi connectivity index (χ3n) is 4.36. The highest BCUT2D eigenvalue weighted by Crippen LogP contribution is 2.24. The normalized spacial score (nSPS) is 16.1. The zero-order valence-corrected chi connectivity index (χ0v) is 14.7. The average Bonchev–Trinajstić information content (AvgIpc) is 2.60. The minimum atomic E-state index is -0.344. The van der Waals surface area contributed by atoms with Gasteiger partial charge in [0.1, 0.15) is 11.6 Å². The summed E-state index contributed by atoms with van der Waals surface area (Å²) < 4.78 is 0. The lowest BCUT2D eigenvalue weighted by Gasteiger charge is -2.33. The predicted molar refractivity (Wildman–Crippen MR) is 96.5 cm³/mol.